The Kier molecular flexibility index (Phi) is 8.01. The quantitative estimate of drug-likeness (QED) is 0.372. The average Bonchev–Trinajstić information content (AvgIpc) is 2.67. The van der Waals surface area contributed by atoms with Crippen LogP contribution in [-0.2, 0) is 16.3 Å². The molecule has 2 N–H and O–H groups in total. The highest BCUT2D eigenvalue weighted by molar-refractivity contribution is 14.0. The average molecular weight is 511 g/mol. The molecule has 1 aromatic rings. The number of aliphatic imine (C=N–C) groups is 1. The van der Waals surface area contributed by atoms with Crippen molar-refractivity contribution in [1.82, 2.24) is 4.90 Å². The highest BCUT2D eigenvalue weighted by Gasteiger charge is 2.37. The molecule has 2 saturated heterocycles. The molecule has 0 spiro atoms. The van der Waals surface area contributed by atoms with E-state index in [0.717, 1.165) is 32.0 Å². The zero-order valence-electron chi connectivity index (χ0n) is 16.2. The summed E-state index contributed by atoms with van der Waals surface area (Å²) < 4.78 is 45.0. The molecule has 0 bridgehead atoms. The summed E-state index contributed by atoms with van der Waals surface area (Å²) in [5, 5.41) is 0. The Hall–Kier alpha value is -1.03. The summed E-state index contributed by atoms with van der Waals surface area (Å²) in [5.41, 5.74) is 5.80. The molecular formula is C20H29F3IN3O. The third-order valence-corrected chi connectivity index (χ3v) is 5.90. The van der Waals surface area contributed by atoms with Crippen LogP contribution >= 0.6 is 24.0 Å². The number of halogens is 4. The van der Waals surface area contributed by atoms with Crippen molar-refractivity contribution in [2.24, 2.45) is 16.6 Å². The van der Waals surface area contributed by atoms with Crippen molar-refractivity contribution in [3.05, 3.63) is 35.4 Å². The third-order valence-electron chi connectivity index (χ3n) is 5.90. The summed E-state index contributed by atoms with van der Waals surface area (Å²) in [6, 6.07) is 5.63. The fourth-order valence-electron chi connectivity index (χ4n) is 3.90. The van der Waals surface area contributed by atoms with Crippen molar-refractivity contribution < 1.29 is 17.9 Å². The van der Waals surface area contributed by atoms with Gasteiger partial charge in [-0.25, -0.2) is 0 Å². The zero-order valence-corrected chi connectivity index (χ0v) is 18.5. The van der Waals surface area contributed by atoms with Crippen LogP contribution in [0.2, 0.25) is 0 Å². The molecule has 3 rings (SSSR count). The van der Waals surface area contributed by atoms with Gasteiger partial charge in [-0.15, -0.1) is 24.0 Å². The van der Waals surface area contributed by atoms with Gasteiger partial charge in [0.25, 0.3) is 0 Å². The molecule has 2 heterocycles. The van der Waals surface area contributed by atoms with Crippen LogP contribution in [0.1, 0.15) is 43.7 Å². The lowest BCUT2D eigenvalue weighted by atomic mass is 9.74. The smallest absolute Gasteiger partial charge is 0.381 e. The van der Waals surface area contributed by atoms with Gasteiger partial charge < -0.3 is 15.4 Å². The molecule has 1 aromatic carbocycles. The van der Waals surface area contributed by atoms with E-state index in [9.17, 15) is 13.2 Å². The first kappa shape index (κ1) is 23.3. The van der Waals surface area contributed by atoms with E-state index in [1.165, 1.54) is 12.1 Å². The SMILES string of the molecule is CC1CCN(C(N)=NCC2(c3cccc(C(F)(F)F)c3)CCOCC2)CC1.I. The first-order valence-corrected chi connectivity index (χ1v) is 9.60. The lowest BCUT2D eigenvalue weighted by molar-refractivity contribution is -0.137. The number of ether oxygens (including phenoxy) is 1. The van der Waals surface area contributed by atoms with E-state index < -0.39 is 17.2 Å². The molecule has 0 amide bonds. The summed E-state index contributed by atoms with van der Waals surface area (Å²) >= 11 is 0. The summed E-state index contributed by atoms with van der Waals surface area (Å²) in [6.07, 6.45) is -0.898. The van der Waals surface area contributed by atoms with Crippen LogP contribution in [0.3, 0.4) is 0 Å². The number of guanidine groups is 1. The number of rotatable bonds is 3. The molecule has 0 aromatic heterocycles. The minimum Gasteiger partial charge on any atom is -0.381 e. The van der Waals surface area contributed by atoms with Gasteiger partial charge in [-0.3, -0.25) is 4.99 Å². The molecular weight excluding hydrogens is 482 g/mol. The van der Waals surface area contributed by atoms with Crippen molar-refractivity contribution >= 4 is 29.9 Å². The zero-order chi connectivity index (χ0) is 19.5. The third kappa shape index (κ3) is 5.52. The van der Waals surface area contributed by atoms with Crippen molar-refractivity contribution in [2.45, 2.75) is 44.2 Å². The van der Waals surface area contributed by atoms with E-state index in [0.29, 0.717) is 50.0 Å². The van der Waals surface area contributed by atoms with Gasteiger partial charge in [0.2, 0.25) is 0 Å². The predicted octanol–water partition coefficient (Wildman–Crippen LogP) is 4.42. The number of alkyl halides is 3. The van der Waals surface area contributed by atoms with Crippen LogP contribution in [0.5, 0.6) is 0 Å². The summed E-state index contributed by atoms with van der Waals surface area (Å²) in [4.78, 5) is 6.70. The Morgan fingerprint density at radius 3 is 2.50 bits per heavy atom. The van der Waals surface area contributed by atoms with Crippen LogP contribution in [0.25, 0.3) is 0 Å². The molecule has 8 heteroatoms. The van der Waals surface area contributed by atoms with E-state index in [1.54, 1.807) is 6.07 Å². The molecule has 2 fully saturated rings. The summed E-state index contributed by atoms with van der Waals surface area (Å²) in [7, 11) is 0. The summed E-state index contributed by atoms with van der Waals surface area (Å²) in [5.74, 6) is 1.20. The molecule has 0 aliphatic carbocycles. The van der Waals surface area contributed by atoms with Gasteiger partial charge in [0.05, 0.1) is 12.1 Å². The standard InChI is InChI=1S/C20H28F3N3O.HI/c1-15-5-9-26(10-6-15)18(24)25-14-19(7-11-27-12-8-19)16-3-2-4-17(13-16)20(21,22)23;/h2-4,13,15H,5-12,14H2,1H3,(H2,24,25);1H. The number of nitrogens with zero attached hydrogens (tertiary/aromatic N) is 2. The van der Waals surface area contributed by atoms with Crippen LogP contribution in [0.4, 0.5) is 13.2 Å². The number of hydrogen-bond acceptors (Lipinski definition) is 2. The molecule has 2 aliphatic heterocycles. The number of piperidine rings is 1. The van der Waals surface area contributed by atoms with E-state index in [-0.39, 0.29) is 24.0 Å². The molecule has 0 radical (unpaired) electrons. The fraction of sp³-hybridized carbons (Fsp3) is 0.650. The van der Waals surface area contributed by atoms with Crippen LogP contribution < -0.4 is 5.73 Å². The van der Waals surface area contributed by atoms with Crippen molar-refractivity contribution in [1.29, 1.82) is 0 Å². The largest absolute Gasteiger partial charge is 0.416 e. The second kappa shape index (κ2) is 9.65. The minimum atomic E-state index is -4.35. The maximum absolute atomic E-state index is 13.2. The molecule has 158 valence electrons. The lowest BCUT2D eigenvalue weighted by Crippen LogP contribution is -2.44. The van der Waals surface area contributed by atoms with Gasteiger partial charge in [0.15, 0.2) is 5.96 Å². The second-order valence-corrected chi connectivity index (χ2v) is 7.82. The molecule has 28 heavy (non-hydrogen) atoms. The van der Waals surface area contributed by atoms with Gasteiger partial charge >= 0.3 is 6.18 Å². The van der Waals surface area contributed by atoms with E-state index in [2.05, 4.69) is 16.8 Å². The van der Waals surface area contributed by atoms with E-state index in [4.69, 9.17) is 10.5 Å². The van der Waals surface area contributed by atoms with Crippen LogP contribution in [0, 0.1) is 5.92 Å². The Morgan fingerprint density at radius 1 is 1.25 bits per heavy atom. The van der Waals surface area contributed by atoms with Gasteiger partial charge in [0, 0.05) is 31.7 Å². The molecule has 0 atom stereocenters. The Bertz CT molecular complexity index is 667. The molecule has 2 aliphatic rings. The van der Waals surface area contributed by atoms with E-state index in [1.807, 2.05) is 0 Å². The van der Waals surface area contributed by atoms with Crippen molar-refractivity contribution in [3.63, 3.8) is 0 Å². The topological polar surface area (TPSA) is 50.8 Å². The number of hydrogen-bond donors (Lipinski definition) is 1. The number of likely N-dealkylation sites (tertiary alicyclic amines) is 1. The van der Waals surface area contributed by atoms with Gasteiger partial charge in [-0.1, -0.05) is 25.1 Å². The highest BCUT2D eigenvalue weighted by Crippen LogP contribution is 2.38. The number of nitrogens with two attached hydrogens (primary N) is 1. The Labute approximate surface area is 181 Å². The maximum atomic E-state index is 13.2. The maximum Gasteiger partial charge on any atom is 0.416 e. The molecule has 0 unspecified atom stereocenters. The fourth-order valence-corrected chi connectivity index (χ4v) is 3.90. The second-order valence-electron chi connectivity index (χ2n) is 7.82. The number of benzene rings is 1. The van der Waals surface area contributed by atoms with Gasteiger partial charge in [0.1, 0.15) is 0 Å². The minimum absolute atomic E-state index is 0. The highest BCUT2D eigenvalue weighted by atomic mass is 127. The first-order valence-electron chi connectivity index (χ1n) is 9.60. The van der Waals surface area contributed by atoms with Crippen molar-refractivity contribution in [2.75, 3.05) is 32.8 Å². The van der Waals surface area contributed by atoms with Gasteiger partial charge in [-0.05, 0) is 43.2 Å². The Morgan fingerprint density at radius 2 is 1.89 bits per heavy atom. The monoisotopic (exact) mass is 511 g/mol. The summed E-state index contributed by atoms with van der Waals surface area (Å²) in [6.45, 7) is 5.43. The van der Waals surface area contributed by atoms with Gasteiger partial charge in [-0.2, -0.15) is 13.2 Å². The predicted molar refractivity (Wildman–Crippen MR) is 115 cm³/mol. The lowest BCUT2D eigenvalue weighted by Gasteiger charge is -2.37. The van der Waals surface area contributed by atoms with E-state index >= 15 is 0 Å². The van der Waals surface area contributed by atoms with Crippen LogP contribution in [-0.4, -0.2) is 43.7 Å². The Balaban J connectivity index is 0.00000280. The molecule has 4 nitrogen and oxygen atoms in total. The van der Waals surface area contributed by atoms with Crippen molar-refractivity contribution in [3.8, 4) is 0 Å². The normalized spacial score (nSPS) is 21.3. The first-order chi connectivity index (χ1) is 12.8. The van der Waals surface area contributed by atoms with Crippen LogP contribution in [0.15, 0.2) is 29.3 Å². The molecule has 0 saturated carbocycles.